The molecule has 104 valence electrons. The number of aliphatic hydroxyl groups excluding tert-OH is 1. The van der Waals surface area contributed by atoms with Crippen LogP contribution in [-0.2, 0) is 17.6 Å². The second-order valence-corrected chi connectivity index (χ2v) is 5.53. The maximum Gasteiger partial charge on any atom is 0.133 e. The van der Waals surface area contributed by atoms with Crippen molar-refractivity contribution in [2.45, 2.75) is 44.1 Å². The van der Waals surface area contributed by atoms with Gasteiger partial charge in [0.1, 0.15) is 12.1 Å². The van der Waals surface area contributed by atoms with Gasteiger partial charge in [0.2, 0.25) is 0 Å². The Bertz CT molecular complexity index is 444. The first-order chi connectivity index (χ1) is 9.33. The van der Waals surface area contributed by atoms with Crippen molar-refractivity contribution in [1.82, 2.24) is 9.97 Å². The first-order valence-electron chi connectivity index (χ1n) is 7.12. The predicted molar refractivity (Wildman–Crippen MR) is 72.2 cm³/mol. The summed E-state index contributed by atoms with van der Waals surface area (Å²) in [5.41, 5.74) is 2.13. The summed E-state index contributed by atoms with van der Waals surface area (Å²) in [5.74, 6) is 0.917. The molecule has 0 unspecified atom stereocenters. The van der Waals surface area contributed by atoms with Crippen LogP contribution in [0.3, 0.4) is 0 Å². The van der Waals surface area contributed by atoms with Gasteiger partial charge in [-0.05, 0) is 38.5 Å². The minimum Gasteiger partial charge on any atom is -0.394 e. The van der Waals surface area contributed by atoms with Crippen LogP contribution in [0.5, 0.6) is 0 Å². The fourth-order valence-electron chi connectivity index (χ4n) is 2.96. The largest absolute Gasteiger partial charge is 0.394 e. The third-order valence-corrected chi connectivity index (χ3v) is 4.26. The third-order valence-electron chi connectivity index (χ3n) is 4.26. The molecule has 0 radical (unpaired) electrons. The SMILES string of the molecule is OCC1(Nc2ncnc3c2CCCC3)CCOCC1. The fourth-order valence-corrected chi connectivity index (χ4v) is 2.96. The number of ether oxygens (including phenoxy) is 1. The van der Waals surface area contributed by atoms with Crippen LogP contribution in [0.25, 0.3) is 0 Å². The fraction of sp³-hybridized carbons (Fsp3) is 0.714. The lowest BCUT2D eigenvalue weighted by molar-refractivity contribution is 0.0378. The van der Waals surface area contributed by atoms with E-state index in [2.05, 4.69) is 15.3 Å². The van der Waals surface area contributed by atoms with Gasteiger partial charge in [-0.2, -0.15) is 0 Å². The van der Waals surface area contributed by atoms with E-state index in [1.54, 1.807) is 6.33 Å². The van der Waals surface area contributed by atoms with Crippen molar-refractivity contribution in [2.24, 2.45) is 0 Å². The van der Waals surface area contributed by atoms with Gasteiger partial charge in [0, 0.05) is 24.5 Å². The number of aliphatic hydroxyl groups is 1. The van der Waals surface area contributed by atoms with Crippen LogP contribution in [0.2, 0.25) is 0 Å². The molecule has 0 saturated carbocycles. The Hall–Kier alpha value is -1.20. The third kappa shape index (κ3) is 2.58. The van der Waals surface area contributed by atoms with Gasteiger partial charge in [-0.3, -0.25) is 0 Å². The van der Waals surface area contributed by atoms with Gasteiger partial charge in [0.25, 0.3) is 0 Å². The second-order valence-electron chi connectivity index (χ2n) is 5.53. The average molecular weight is 263 g/mol. The number of rotatable bonds is 3. The van der Waals surface area contributed by atoms with E-state index in [1.165, 1.54) is 24.1 Å². The monoisotopic (exact) mass is 263 g/mol. The Balaban J connectivity index is 1.85. The summed E-state index contributed by atoms with van der Waals surface area (Å²) < 4.78 is 5.39. The standard InChI is InChI=1S/C14H21N3O2/c18-9-14(5-7-19-8-6-14)17-13-11-3-1-2-4-12(11)15-10-16-13/h10,18H,1-9H2,(H,15,16,17). The maximum atomic E-state index is 9.75. The topological polar surface area (TPSA) is 67.3 Å². The molecule has 1 fully saturated rings. The molecule has 0 aromatic carbocycles. The molecule has 0 bridgehead atoms. The number of hydrogen-bond acceptors (Lipinski definition) is 5. The Morgan fingerprint density at radius 3 is 2.79 bits per heavy atom. The Morgan fingerprint density at radius 2 is 2.00 bits per heavy atom. The zero-order valence-electron chi connectivity index (χ0n) is 11.2. The zero-order chi connectivity index (χ0) is 13.1. The minimum atomic E-state index is -0.280. The molecular weight excluding hydrogens is 242 g/mol. The van der Waals surface area contributed by atoms with Gasteiger partial charge in [0.05, 0.1) is 12.1 Å². The van der Waals surface area contributed by atoms with Crippen LogP contribution in [-0.4, -0.2) is 40.4 Å². The highest BCUT2D eigenvalue weighted by atomic mass is 16.5. The second kappa shape index (κ2) is 5.43. The van der Waals surface area contributed by atoms with Crippen molar-refractivity contribution in [1.29, 1.82) is 0 Å². The van der Waals surface area contributed by atoms with Crippen molar-refractivity contribution in [2.75, 3.05) is 25.1 Å². The smallest absolute Gasteiger partial charge is 0.133 e. The van der Waals surface area contributed by atoms with Gasteiger partial charge < -0.3 is 15.2 Å². The van der Waals surface area contributed by atoms with Crippen molar-refractivity contribution in [3.8, 4) is 0 Å². The quantitative estimate of drug-likeness (QED) is 0.860. The molecular formula is C14H21N3O2. The van der Waals surface area contributed by atoms with Crippen molar-refractivity contribution < 1.29 is 9.84 Å². The van der Waals surface area contributed by atoms with Gasteiger partial charge in [-0.15, -0.1) is 0 Å². The molecule has 1 saturated heterocycles. The van der Waals surface area contributed by atoms with E-state index in [1.807, 2.05) is 0 Å². The molecule has 19 heavy (non-hydrogen) atoms. The first-order valence-corrected chi connectivity index (χ1v) is 7.12. The summed E-state index contributed by atoms with van der Waals surface area (Å²) in [6, 6.07) is 0. The van der Waals surface area contributed by atoms with Crippen LogP contribution >= 0.6 is 0 Å². The number of fused-ring (bicyclic) bond motifs is 1. The number of nitrogens with one attached hydrogen (secondary N) is 1. The van der Waals surface area contributed by atoms with Crippen LogP contribution < -0.4 is 5.32 Å². The molecule has 1 aromatic heterocycles. The first kappa shape index (κ1) is 12.8. The van der Waals surface area contributed by atoms with Crippen LogP contribution in [0.4, 0.5) is 5.82 Å². The van der Waals surface area contributed by atoms with Crippen LogP contribution in [0.15, 0.2) is 6.33 Å². The van der Waals surface area contributed by atoms with Crippen LogP contribution in [0.1, 0.15) is 36.9 Å². The number of aromatic nitrogens is 2. The van der Waals surface area contributed by atoms with Gasteiger partial charge in [-0.1, -0.05) is 0 Å². The molecule has 0 amide bonds. The normalized spacial score (nSPS) is 21.7. The molecule has 2 heterocycles. The lowest BCUT2D eigenvalue weighted by Gasteiger charge is -2.37. The molecule has 3 rings (SSSR count). The molecule has 2 aliphatic rings. The summed E-state index contributed by atoms with van der Waals surface area (Å²) in [5, 5.41) is 13.2. The summed E-state index contributed by atoms with van der Waals surface area (Å²) in [6.07, 6.45) is 7.77. The molecule has 0 atom stereocenters. The average Bonchev–Trinajstić information content (AvgIpc) is 2.49. The number of anilines is 1. The predicted octanol–water partition coefficient (Wildman–Crippen LogP) is 1.31. The van der Waals surface area contributed by atoms with Crippen molar-refractivity contribution in [3.63, 3.8) is 0 Å². The molecule has 1 aliphatic carbocycles. The summed E-state index contributed by atoms with van der Waals surface area (Å²) in [6.45, 7) is 1.51. The molecule has 1 aromatic rings. The molecule has 1 aliphatic heterocycles. The molecule has 2 N–H and O–H groups in total. The van der Waals surface area contributed by atoms with E-state index in [0.717, 1.165) is 31.5 Å². The highest BCUT2D eigenvalue weighted by Gasteiger charge is 2.33. The summed E-state index contributed by atoms with van der Waals surface area (Å²) >= 11 is 0. The van der Waals surface area contributed by atoms with E-state index >= 15 is 0 Å². The highest BCUT2D eigenvalue weighted by molar-refractivity contribution is 5.49. The van der Waals surface area contributed by atoms with Crippen molar-refractivity contribution in [3.05, 3.63) is 17.6 Å². The van der Waals surface area contributed by atoms with Gasteiger partial charge >= 0.3 is 0 Å². The van der Waals surface area contributed by atoms with E-state index in [0.29, 0.717) is 13.2 Å². The highest BCUT2D eigenvalue weighted by Crippen LogP contribution is 2.30. The Labute approximate surface area is 113 Å². The zero-order valence-corrected chi connectivity index (χ0v) is 11.2. The van der Waals surface area contributed by atoms with Gasteiger partial charge in [-0.25, -0.2) is 9.97 Å². The Kier molecular flexibility index (Phi) is 3.66. The van der Waals surface area contributed by atoms with Gasteiger partial charge in [0.15, 0.2) is 0 Å². The molecule has 0 spiro atoms. The van der Waals surface area contributed by atoms with E-state index < -0.39 is 0 Å². The maximum absolute atomic E-state index is 9.75. The van der Waals surface area contributed by atoms with E-state index in [4.69, 9.17) is 4.74 Å². The van der Waals surface area contributed by atoms with Crippen molar-refractivity contribution >= 4 is 5.82 Å². The lowest BCUT2D eigenvalue weighted by atomic mass is 9.89. The lowest BCUT2D eigenvalue weighted by Crippen LogP contribution is -2.47. The van der Waals surface area contributed by atoms with Crippen LogP contribution in [0, 0.1) is 0 Å². The number of aryl methyl sites for hydroxylation is 1. The molecule has 5 nitrogen and oxygen atoms in total. The van der Waals surface area contributed by atoms with E-state index in [-0.39, 0.29) is 12.1 Å². The number of hydrogen-bond donors (Lipinski definition) is 2. The minimum absolute atomic E-state index is 0.120. The Morgan fingerprint density at radius 1 is 1.21 bits per heavy atom. The molecule has 5 heteroatoms. The number of nitrogens with zero attached hydrogens (tertiary/aromatic N) is 2. The summed E-state index contributed by atoms with van der Waals surface area (Å²) in [7, 11) is 0. The summed E-state index contributed by atoms with van der Waals surface area (Å²) in [4.78, 5) is 8.79. The van der Waals surface area contributed by atoms with E-state index in [9.17, 15) is 5.11 Å².